The largest absolute Gasteiger partial charge is 0.334 e. The fraction of sp³-hybridized carbons (Fsp3) is 0.125. The Morgan fingerprint density at radius 1 is 1.21 bits per heavy atom. The van der Waals surface area contributed by atoms with Gasteiger partial charge in [-0.3, -0.25) is 9.52 Å². The highest BCUT2D eigenvalue weighted by Gasteiger charge is 2.22. The van der Waals surface area contributed by atoms with Crippen LogP contribution in [0.2, 0.25) is 0 Å². The van der Waals surface area contributed by atoms with Crippen molar-refractivity contribution in [2.45, 2.75) is 11.3 Å². The average Bonchev–Trinajstić information content (AvgIpc) is 3.08. The summed E-state index contributed by atoms with van der Waals surface area (Å²) < 4.78 is 29.6. The van der Waals surface area contributed by atoms with Gasteiger partial charge in [-0.25, -0.2) is 13.4 Å². The van der Waals surface area contributed by atoms with E-state index >= 15 is 0 Å². The molecule has 2 aromatic carbocycles. The number of carbonyl (C=O) groups excluding carboxylic acids is 1. The van der Waals surface area contributed by atoms with Crippen molar-refractivity contribution in [1.82, 2.24) is 9.55 Å². The molecule has 7 nitrogen and oxygen atoms in total. The summed E-state index contributed by atoms with van der Waals surface area (Å²) in [5.41, 5.74) is 3.41. The van der Waals surface area contributed by atoms with E-state index in [-0.39, 0.29) is 17.2 Å². The SMILES string of the molecule is Cn1cnc2cc(NS(=O)(=O)c3ccc4c(c3)CC(=O)N4)ccc21. The summed E-state index contributed by atoms with van der Waals surface area (Å²) in [5, 5.41) is 2.68. The average molecular weight is 342 g/mol. The molecule has 0 atom stereocenters. The summed E-state index contributed by atoms with van der Waals surface area (Å²) in [4.78, 5) is 15.7. The summed E-state index contributed by atoms with van der Waals surface area (Å²) in [6, 6.07) is 9.80. The Morgan fingerprint density at radius 2 is 2.04 bits per heavy atom. The lowest BCUT2D eigenvalue weighted by molar-refractivity contribution is -0.115. The quantitative estimate of drug-likeness (QED) is 0.760. The summed E-state index contributed by atoms with van der Waals surface area (Å²) >= 11 is 0. The third kappa shape index (κ3) is 2.41. The second-order valence-electron chi connectivity index (χ2n) is 5.71. The number of sulfonamides is 1. The molecule has 0 fully saturated rings. The van der Waals surface area contributed by atoms with Crippen molar-refractivity contribution in [3.8, 4) is 0 Å². The zero-order chi connectivity index (χ0) is 16.9. The van der Waals surface area contributed by atoms with Gasteiger partial charge in [-0.2, -0.15) is 0 Å². The second kappa shape index (κ2) is 5.07. The first-order valence-electron chi connectivity index (χ1n) is 7.29. The van der Waals surface area contributed by atoms with Crippen LogP contribution in [0.3, 0.4) is 0 Å². The van der Waals surface area contributed by atoms with Gasteiger partial charge < -0.3 is 9.88 Å². The maximum absolute atomic E-state index is 12.6. The summed E-state index contributed by atoms with van der Waals surface area (Å²) in [6.45, 7) is 0. The van der Waals surface area contributed by atoms with Gasteiger partial charge in [0.2, 0.25) is 5.91 Å². The smallest absolute Gasteiger partial charge is 0.261 e. The first-order valence-corrected chi connectivity index (χ1v) is 8.77. The van der Waals surface area contributed by atoms with Gasteiger partial charge in [0.15, 0.2) is 0 Å². The molecule has 0 aliphatic carbocycles. The number of amides is 1. The number of rotatable bonds is 3. The zero-order valence-electron chi connectivity index (χ0n) is 12.8. The molecule has 8 heteroatoms. The third-order valence-corrected chi connectivity index (χ3v) is 5.37. The van der Waals surface area contributed by atoms with Gasteiger partial charge in [0.25, 0.3) is 10.0 Å². The fourth-order valence-electron chi connectivity index (χ4n) is 2.79. The van der Waals surface area contributed by atoms with E-state index in [0.29, 0.717) is 22.5 Å². The number of anilines is 2. The van der Waals surface area contributed by atoms with Crippen molar-refractivity contribution in [2.75, 3.05) is 10.0 Å². The van der Waals surface area contributed by atoms with E-state index in [1.807, 2.05) is 17.7 Å². The minimum atomic E-state index is -3.74. The van der Waals surface area contributed by atoms with Crippen LogP contribution in [-0.4, -0.2) is 23.9 Å². The fourth-order valence-corrected chi connectivity index (χ4v) is 3.89. The Hall–Kier alpha value is -2.87. The first kappa shape index (κ1) is 14.7. The molecule has 0 bridgehead atoms. The molecule has 24 heavy (non-hydrogen) atoms. The van der Waals surface area contributed by atoms with Crippen LogP contribution in [0.25, 0.3) is 11.0 Å². The Labute approximate surface area is 138 Å². The maximum atomic E-state index is 12.6. The first-order chi connectivity index (χ1) is 11.4. The molecule has 1 amide bonds. The monoisotopic (exact) mass is 342 g/mol. The van der Waals surface area contributed by atoms with Gasteiger partial charge in [-0.05, 0) is 42.0 Å². The predicted molar refractivity (Wildman–Crippen MR) is 90.3 cm³/mol. The van der Waals surface area contributed by atoms with Crippen LogP contribution in [0.1, 0.15) is 5.56 Å². The Balaban J connectivity index is 1.67. The number of nitrogens with one attached hydrogen (secondary N) is 2. The molecule has 2 N–H and O–H groups in total. The van der Waals surface area contributed by atoms with Crippen molar-refractivity contribution < 1.29 is 13.2 Å². The van der Waals surface area contributed by atoms with Crippen LogP contribution in [0, 0.1) is 0 Å². The molecule has 1 aliphatic rings. The van der Waals surface area contributed by atoms with Crippen molar-refractivity contribution in [3.05, 3.63) is 48.3 Å². The van der Waals surface area contributed by atoms with Gasteiger partial charge in [0, 0.05) is 12.7 Å². The normalized spacial score (nSPS) is 13.8. The number of imidazole rings is 1. The van der Waals surface area contributed by atoms with Gasteiger partial charge in [-0.15, -0.1) is 0 Å². The van der Waals surface area contributed by atoms with E-state index in [4.69, 9.17) is 0 Å². The number of aromatic nitrogens is 2. The number of nitrogens with zero attached hydrogens (tertiary/aromatic N) is 2. The Kier molecular flexibility index (Phi) is 3.10. The van der Waals surface area contributed by atoms with Crippen molar-refractivity contribution in [2.24, 2.45) is 7.05 Å². The zero-order valence-corrected chi connectivity index (χ0v) is 13.6. The summed E-state index contributed by atoms with van der Waals surface area (Å²) in [5.74, 6) is -0.131. The van der Waals surface area contributed by atoms with Crippen LogP contribution in [0.5, 0.6) is 0 Å². The van der Waals surface area contributed by atoms with E-state index in [1.165, 1.54) is 12.1 Å². The van der Waals surface area contributed by atoms with Crippen LogP contribution in [-0.2, 0) is 28.3 Å². The predicted octanol–water partition coefficient (Wildman–Crippen LogP) is 1.87. The summed E-state index contributed by atoms with van der Waals surface area (Å²) in [7, 11) is -1.86. The molecule has 0 spiro atoms. The topological polar surface area (TPSA) is 93.1 Å². The highest BCUT2D eigenvalue weighted by molar-refractivity contribution is 7.92. The lowest BCUT2D eigenvalue weighted by Gasteiger charge is -2.09. The standard InChI is InChI=1S/C16H14N4O3S/c1-20-9-17-14-8-11(2-5-15(14)20)19-24(22,23)12-3-4-13-10(6-12)7-16(21)18-13/h2-6,8-9,19H,7H2,1H3,(H,18,21). The van der Waals surface area contributed by atoms with Crippen molar-refractivity contribution in [3.63, 3.8) is 0 Å². The number of hydrogen-bond donors (Lipinski definition) is 2. The van der Waals surface area contributed by atoms with Gasteiger partial charge >= 0.3 is 0 Å². The van der Waals surface area contributed by atoms with Crippen LogP contribution >= 0.6 is 0 Å². The molecule has 122 valence electrons. The number of carbonyl (C=O) groups is 1. The van der Waals surface area contributed by atoms with Crippen molar-refractivity contribution in [1.29, 1.82) is 0 Å². The highest BCUT2D eigenvalue weighted by Crippen LogP contribution is 2.27. The summed E-state index contributed by atoms with van der Waals surface area (Å²) in [6.07, 6.45) is 1.87. The van der Waals surface area contributed by atoms with Crippen LogP contribution in [0.15, 0.2) is 47.6 Å². The molecule has 0 radical (unpaired) electrons. The molecule has 4 rings (SSSR count). The molecule has 0 saturated carbocycles. The van der Waals surface area contributed by atoms with E-state index in [0.717, 1.165) is 5.52 Å². The van der Waals surface area contributed by atoms with Crippen LogP contribution < -0.4 is 10.0 Å². The Bertz CT molecular complexity index is 1090. The lowest BCUT2D eigenvalue weighted by Crippen LogP contribution is -2.13. The van der Waals surface area contributed by atoms with E-state index in [1.54, 1.807) is 24.5 Å². The van der Waals surface area contributed by atoms with Crippen LogP contribution in [0.4, 0.5) is 11.4 Å². The number of aryl methyl sites for hydroxylation is 1. The maximum Gasteiger partial charge on any atom is 0.261 e. The number of benzene rings is 2. The lowest BCUT2D eigenvalue weighted by atomic mass is 10.2. The van der Waals surface area contributed by atoms with Gasteiger partial charge in [0.1, 0.15) is 0 Å². The second-order valence-corrected chi connectivity index (χ2v) is 7.39. The molecule has 0 saturated heterocycles. The number of hydrogen-bond acceptors (Lipinski definition) is 4. The molecule has 0 unspecified atom stereocenters. The molecule has 3 aromatic rings. The van der Waals surface area contributed by atoms with E-state index in [2.05, 4.69) is 15.0 Å². The minimum Gasteiger partial charge on any atom is -0.334 e. The van der Waals surface area contributed by atoms with E-state index < -0.39 is 10.0 Å². The molecule has 1 aromatic heterocycles. The molecule has 2 heterocycles. The minimum absolute atomic E-state index is 0.124. The number of fused-ring (bicyclic) bond motifs is 2. The van der Waals surface area contributed by atoms with Gasteiger partial charge in [0.05, 0.1) is 34.4 Å². The van der Waals surface area contributed by atoms with Crippen molar-refractivity contribution >= 4 is 38.3 Å². The third-order valence-electron chi connectivity index (χ3n) is 3.99. The highest BCUT2D eigenvalue weighted by atomic mass is 32.2. The molecule has 1 aliphatic heterocycles. The Morgan fingerprint density at radius 3 is 2.88 bits per heavy atom. The van der Waals surface area contributed by atoms with Gasteiger partial charge in [-0.1, -0.05) is 0 Å². The molecular weight excluding hydrogens is 328 g/mol. The molecular formula is C16H14N4O3S. The van der Waals surface area contributed by atoms with E-state index in [9.17, 15) is 13.2 Å².